The molecule has 7 nitrogen and oxygen atoms in total. The molecule has 2 rings (SSSR count). The molecule has 0 radical (unpaired) electrons. The van der Waals surface area contributed by atoms with E-state index in [4.69, 9.17) is 27.6 Å². The van der Waals surface area contributed by atoms with Crippen molar-refractivity contribution in [3.05, 3.63) is 46.1 Å². The minimum atomic E-state index is -0.607. The minimum Gasteiger partial charge on any atom is -0.464 e. The zero-order valence-corrected chi connectivity index (χ0v) is 15.2. The Morgan fingerprint density at radius 2 is 2.00 bits per heavy atom. The third kappa shape index (κ3) is 4.87. The van der Waals surface area contributed by atoms with Crippen molar-refractivity contribution in [2.45, 2.75) is 19.9 Å². The van der Waals surface area contributed by atoms with Gasteiger partial charge in [-0.25, -0.2) is 14.6 Å². The molecule has 0 saturated carbocycles. The molecule has 0 aliphatic carbocycles. The molecule has 0 aliphatic heterocycles. The monoisotopic (exact) mass is 385 g/mol. The van der Waals surface area contributed by atoms with Gasteiger partial charge in [0.25, 0.3) is 0 Å². The van der Waals surface area contributed by atoms with E-state index in [2.05, 4.69) is 15.0 Å². The summed E-state index contributed by atoms with van der Waals surface area (Å²) in [7, 11) is 1.25. The summed E-state index contributed by atoms with van der Waals surface area (Å²) in [6.45, 7) is 2.46. The van der Waals surface area contributed by atoms with Crippen molar-refractivity contribution in [1.29, 1.82) is 0 Å². The predicted octanol–water partition coefficient (Wildman–Crippen LogP) is 4.21. The van der Waals surface area contributed by atoms with Crippen molar-refractivity contribution in [3.63, 3.8) is 0 Å². The zero-order chi connectivity index (χ0) is 18.4. The SMILES string of the molecule is CCCN(Cc1nc(C(=O)OC)co1)C(=O)Nc1c(Cl)cccc1Cl. The molecule has 9 heteroatoms. The van der Waals surface area contributed by atoms with Gasteiger partial charge in [0.05, 0.1) is 29.4 Å². The molecule has 0 aliphatic rings. The summed E-state index contributed by atoms with van der Waals surface area (Å²) in [5.74, 6) is -0.390. The van der Waals surface area contributed by atoms with E-state index < -0.39 is 12.0 Å². The number of nitrogens with zero attached hydrogens (tertiary/aromatic N) is 2. The molecule has 0 spiro atoms. The van der Waals surface area contributed by atoms with Gasteiger partial charge >= 0.3 is 12.0 Å². The Bertz CT molecular complexity index is 743. The molecule has 2 amide bonds. The standard InChI is InChI=1S/C16H17Cl2N3O4/c1-3-7-21(8-13-19-12(9-25-13)15(22)24-2)16(23)20-14-10(17)5-4-6-11(14)18/h4-6,9H,3,7-8H2,1-2H3,(H,20,23). The van der Waals surface area contributed by atoms with E-state index in [0.29, 0.717) is 28.7 Å². The summed E-state index contributed by atoms with van der Waals surface area (Å²) in [6, 6.07) is 4.54. The average molecular weight is 386 g/mol. The van der Waals surface area contributed by atoms with Crippen molar-refractivity contribution >= 4 is 40.9 Å². The third-order valence-electron chi connectivity index (χ3n) is 3.25. The number of halogens is 2. The summed E-state index contributed by atoms with van der Waals surface area (Å²) >= 11 is 12.1. The number of methoxy groups -OCH3 is 1. The highest BCUT2D eigenvalue weighted by Crippen LogP contribution is 2.30. The number of anilines is 1. The third-order valence-corrected chi connectivity index (χ3v) is 3.88. The quantitative estimate of drug-likeness (QED) is 0.752. The second kappa shape index (κ2) is 8.73. The van der Waals surface area contributed by atoms with Gasteiger partial charge in [-0.3, -0.25) is 0 Å². The molecule has 25 heavy (non-hydrogen) atoms. The Balaban J connectivity index is 2.13. The normalized spacial score (nSPS) is 10.4. The molecular formula is C16H17Cl2N3O4. The number of amides is 2. The number of aromatic nitrogens is 1. The topological polar surface area (TPSA) is 84.7 Å². The van der Waals surface area contributed by atoms with Gasteiger partial charge < -0.3 is 19.4 Å². The van der Waals surface area contributed by atoms with Crippen LogP contribution in [-0.2, 0) is 11.3 Å². The van der Waals surface area contributed by atoms with Crippen LogP contribution in [0, 0.1) is 0 Å². The average Bonchev–Trinajstić information content (AvgIpc) is 3.05. The van der Waals surface area contributed by atoms with E-state index in [0.717, 1.165) is 0 Å². The number of urea groups is 1. The Kier molecular flexibility index (Phi) is 6.66. The van der Waals surface area contributed by atoms with Gasteiger partial charge in [-0.2, -0.15) is 0 Å². The van der Waals surface area contributed by atoms with Gasteiger partial charge in [-0.1, -0.05) is 36.2 Å². The minimum absolute atomic E-state index is 0.0449. The van der Waals surface area contributed by atoms with Crippen molar-refractivity contribution < 1.29 is 18.7 Å². The smallest absolute Gasteiger partial charge is 0.360 e. The number of esters is 1. The lowest BCUT2D eigenvalue weighted by Crippen LogP contribution is -2.35. The van der Waals surface area contributed by atoms with Crippen LogP contribution in [0.15, 0.2) is 28.9 Å². The molecular weight excluding hydrogens is 369 g/mol. The van der Waals surface area contributed by atoms with Crippen molar-refractivity contribution in [2.75, 3.05) is 19.0 Å². The first-order chi connectivity index (χ1) is 12.0. The van der Waals surface area contributed by atoms with Gasteiger partial charge in [0.15, 0.2) is 5.69 Å². The first-order valence-electron chi connectivity index (χ1n) is 7.49. The summed E-state index contributed by atoms with van der Waals surface area (Å²) in [4.78, 5) is 29.5. The second-order valence-electron chi connectivity index (χ2n) is 5.07. The second-order valence-corrected chi connectivity index (χ2v) is 5.88. The molecule has 1 aromatic heterocycles. The van der Waals surface area contributed by atoms with Crippen LogP contribution in [0.25, 0.3) is 0 Å². The van der Waals surface area contributed by atoms with E-state index in [1.165, 1.54) is 18.3 Å². The number of carbonyl (C=O) groups excluding carboxylic acids is 2. The van der Waals surface area contributed by atoms with Crippen LogP contribution in [-0.4, -0.2) is 35.5 Å². The fourth-order valence-corrected chi connectivity index (χ4v) is 2.56. The number of oxazole rings is 1. The highest BCUT2D eigenvalue weighted by molar-refractivity contribution is 6.39. The molecule has 0 unspecified atom stereocenters. The number of ether oxygens (including phenoxy) is 1. The lowest BCUT2D eigenvalue weighted by atomic mass is 10.3. The Hall–Kier alpha value is -2.25. The number of nitrogens with one attached hydrogen (secondary N) is 1. The number of para-hydroxylation sites is 1. The largest absolute Gasteiger partial charge is 0.464 e. The van der Waals surface area contributed by atoms with Crippen LogP contribution in [0.4, 0.5) is 10.5 Å². The number of hydrogen-bond acceptors (Lipinski definition) is 5. The predicted molar refractivity (Wildman–Crippen MR) is 94.0 cm³/mol. The fraction of sp³-hybridized carbons (Fsp3) is 0.312. The Morgan fingerprint density at radius 3 is 2.60 bits per heavy atom. The Labute approximate surface area is 154 Å². The van der Waals surface area contributed by atoms with E-state index in [1.54, 1.807) is 18.2 Å². The lowest BCUT2D eigenvalue weighted by Gasteiger charge is -2.21. The Morgan fingerprint density at radius 1 is 1.32 bits per heavy atom. The summed E-state index contributed by atoms with van der Waals surface area (Å²) < 4.78 is 9.80. The van der Waals surface area contributed by atoms with Crippen LogP contribution in [0.1, 0.15) is 29.7 Å². The first-order valence-corrected chi connectivity index (χ1v) is 8.24. The molecule has 2 aromatic rings. The van der Waals surface area contributed by atoms with Gasteiger partial charge in [-0.15, -0.1) is 0 Å². The highest BCUT2D eigenvalue weighted by Gasteiger charge is 2.20. The van der Waals surface area contributed by atoms with Crippen LogP contribution >= 0.6 is 23.2 Å². The molecule has 0 bridgehead atoms. The van der Waals surface area contributed by atoms with Gasteiger partial charge in [0.2, 0.25) is 5.89 Å². The van der Waals surface area contributed by atoms with E-state index in [-0.39, 0.29) is 18.1 Å². The molecule has 0 fully saturated rings. The van der Waals surface area contributed by atoms with Crippen LogP contribution < -0.4 is 5.32 Å². The number of hydrogen-bond donors (Lipinski definition) is 1. The maximum atomic E-state index is 12.5. The van der Waals surface area contributed by atoms with Gasteiger partial charge in [-0.05, 0) is 18.6 Å². The van der Waals surface area contributed by atoms with Crippen LogP contribution in [0.2, 0.25) is 10.0 Å². The number of rotatable bonds is 6. The van der Waals surface area contributed by atoms with Crippen molar-refractivity contribution in [1.82, 2.24) is 9.88 Å². The van der Waals surface area contributed by atoms with Crippen LogP contribution in [0.5, 0.6) is 0 Å². The van der Waals surface area contributed by atoms with E-state index in [1.807, 2.05) is 6.92 Å². The summed E-state index contributed by atoms with van der Waals surface area (Å²) in [5, 5.41) is 3.36. The molecule has 0 atom stereocenters. The highest BCUT2D eigenvalue weighted by atomic mass is 35.5. The molecule has 0 saturated heterocycles. The summed E-state index contributed by atoms with van der Waals surface area (Å²) in [5.41, 5.74) is 0.378. The number of benzene rings is 1. The fourth-order valence-electron chi connectivity index (χ4n) is 2.07. The summed E-state index contributed by atoms with van der Waals surface area (Å²) in [6.07, 6.45) is 1.91. The van der Waals surface area contributed by atoms with E-state index in [9.17, 15) is 9.59 Å². The van der Waals surface area contributed by atoms with Crippen LogP contribution in [0.3, 0.4) is 0 Å². The number of carbonyl (C=O) groups is 2. The molecule has 1 aromatic carbocycles. The van der Waals surface area contributed by atoms with E-state index >= 15 is 0 Å². The van der Waals surface area contributed by atoms with Gasteiger partial charge in [0, 0.05) is 6.54 Å². The zero-order valence-electron chi connectivity index (χ0n) is 13.7. The molecule has 1 N–H and O–H groups in total. The maximum absolute atomic E-state index is 12.5. The maximum Gasteiger partial charge on any atom is 0.360 e. The molecule has 1 heterocycles. The lowest BCUT2D eigenvalue weighted by molar-refractivity contribution is 0.0594. The first kappa shape index (κ1) is 19.1. The van der Waals surface area contributed by atoms with Crippen molar-refractivity contribution in [2.24, 2.45) is 0 Å². The molecule has 134 valence electrons. The van der Waals surface area contributed by atoms with Crippen molar-refractivity contribution in [3.8, 4) is 0 Å². The van der Waals surface area contributed by atoms with Gasteiger partial charge in [0.1, 0.15) is 6.26 Å².